The summed E-state index contributed by atoms with van der Waals surface area (Å²) in [6, 6.07) is 7.50. The van der Waals surface area contributed by atoms with Crippen LogP contribution in [0.3, 0.4) is 0 Å². The van der Waals surface area contributed by atoms with Crippen molar-refractivity contribution < 1.29 is 14.3 Å². The number of hydrogen-bond donors (Lipinski definition) is 1. The third-order valence-corrected chi connectivity index (χ3v) is 3.25. The lowest BCUT2D eigenvalue weighted by Crippen LogP contribution is -2.38. The number of nitrogens with one attached hydrogen (secondary N) is 1. The number of methoxy groups -OCH3 is 1. The second-order valence-corrected chi connectivity index (χ2v) is 4.69. The first-order valence-corrected chi connectivity index (χ1v) is 6.93. The molecule has 1 N–H and O–H groups in total. The van der Waals surface area contributed by atoms with Gasteiger partial charge in [-0.1, -0.05) is 12.1 Å². The summed E-state index contributed by atoms with van der Waals surface area (Å²) in [5.41, 5.74) is 1.35. The topological polar surface area (TPSA) is 71.0 Å². The van der Waals surface area contributed by atoms with Crippen LogP contribution >= 0.6 is 0 Å². The van der Waals surface area contributed by atoms with Gasteiger partial charge in [-0.25, -0.2) is 5.01 Å². The van der Waals surface area contributed by atoms with Crippen molar-refractivity contribution in [1.29, 1.82) is 0 Å². The number of nitrogens with zero attached hydrogens (tertiary/aromatic N) is 2. The van der Waals surface area contributed by atoms with E-state index < -0.39 is 0 Å². The SMILES string of the molecule is CCN1N=C(C(=O)NCc2cccc(OC)c2)CCC1=O. The summed E-state index contributed by atoms with van der Waals surface area (Å²) in [5, 5.41) is 8.24. The first-order chi connectivity index (χ1) is 10.1. The van der Waals surface area contributed by atoms with Gasteiger partial charge < -0.3 is 10.1 Å². The van der Waals surface area contributed by atoms with Crippen molar-refractivity contribution >= 4 is 17.5 Å². The summed E-state index contributed by atoms with van der Waals surface area (Å²) in [7, 11) is 1.60. The van der Waals surface area contributed by atoms with Crippen LogP contribution < -0.4 is 10.1 Å². The average Bonchev–Trinajstić information content (AvgIpc) is 2.53. The third kappa shape index (κ3) is 3.81. The Morgan fingerprint density at radius 3 is 2.95 bits per heavy atom. The smallest absolute Gasteiger partial charge is 0.267 e. The molecule has 0 unspecified atom stereocenters. The minimum absolute atomic E-state index is 0.0400. The maximum Gasteiger partial charge on any atom is 0.267 e. The standard InChI is InChI=1S/C15H19N3O3/c1-3-18-14(19)8-7-13(17-18)15(20)16-10-11-5-4-6-12(9-11)21-2/h4-6,9H,3,7-8,10H2,1-2H3,(H,16,20). The van der Waals surface area contributed by atoms with Crippen LogP contribution in [0.2, 0.25) is 0 Å². The predicted octanol–water partition coefficient (Wildman–Crippen LogP) is 1.31. The van der Waals surface area contributed by atoms with E-state index in [1.54, 1.807) is 7.11 Å². The highest BCUT2D eigenvalue weighted by molar-refractivity contribution is 6.39. The van der Waals surface area contributed by atoms with E-state index in [1.807, 2.05) is 31.2 Å². The van der Waals surface area contributed by atoms with E-state index in [2.05, 4.69) is 10.4 Å². The number of carbonyl (C=O) groups is 2. The Labute approximate surface area is 123 Å². The Balaban J connectivity index is 1.97. The molecule has 0 aliphatic carbocycles. The van der Waals surface area contributed by atoms with Gasteiger partial charge in [0.15, 0.2) is 0 Å². The van der Waals surface area contributed by atoms with Crippen molar-refractivity contribution in [2.75, 3.05) is 13.7 Å². The molecule has 0 saturated heterocycles. The van der Waals surface area contributed by atoms with Gasteiger partial charge in [-0.15, -0.1) is 0 Å². The van der Waals surface area contributed by atoms with Crippen LogP contribution in [0.5, 0.6) is 5.75 Å². The Kier molecular flexibility index (Phi) is 4.92. The largest absolute Gasteiger partial charge is 0.497 e. The number of ether oxygens (including phenoxy) is 1. The van der Waals surface area contributed by atoms with Crippen molar-refractivity contribution in [2.45, 2.75) is 26.3 Å². The molecule has 1 heterocycles. The fourth-order valence-corrected chi connectivity index (χ4v) is 2.08. The summed E-state index contributed by atoms with van der Waals surface area (Å²) in [6.07, 6.45) is 0.721. The van der Waals surface area contributed by atoms with E-state index >= 15 is 0 Å². The van der Waals surface area contributed by atoms with Gasteiger partial charge in [-0.05, 0) is 24.6 Å². The number of hydrogen-bond acceptors (Lipinski definition) is 4. The third-order valence-electron chi connectivity index (χ3n) is 3.25. The maximum atomic E-state index is 12.1. The first kappa shape index (κ1) is 15.0. The number of benzene rings is 1. The molecule has 0 spiro atoms. The zero-order valence-electron chi connectivity index (χ0n) is 12.3. The number of carbonyl (C=O) groups excluding carboxylic acids is 2. The fourth-order valence-electron chi connectivity index (χ4n) is 2.08. The normalized spacial score (nSPS) is 14.7. The van der Waals surface area contributed by atoms with E-state index in [0.717, 1.165) is 11.3 Å². The molecule has 2 rings (SSSR count). The van der Waals surface area contributed by atoms with Crippen molar-refractivity contribution in [3.8, 4) is 5.75 Å². The molecule has 0 aromatic heterocycles. The molecular formula is C15H19N3O3. The summed E-state index contributed by atoms with van der Waals surface area (Å²) in [4.78, 5) is 23.6. The minimum atomic E-state index is -0.233. The summed E-state index contributed by atoms with van der Waals surface area (Å²) in [5.74, 6) is 0.477. The molecule has 6 nitrogen and oxygen atoms in total. The van der Waals surface area contributed by atoms with Crippen molar-refractivity contribution in [3.63, 3.8) is 0 Å². The Hall–Kier alpha value is -2.37. The maximum absolute atomic E-state index is 12.1. The lowest BCUT2D eigenvalue weighted by atomic mass is 10.1. The molecule has 0 radical (unpaired) electrons. The van der Waals surface area contributed by atoms with Crippen molar-refractivity contribution in [2.24, 2.45) is 5.10 Å². The van der Waals surface area contributed by atoms with Gasteiger partial charge in [0.25, 0.3) is 5.91 Å². The molecular weight excluding hydrogens is 270 g/mol. The van der Waals surface area contributed by atoms with E-state index in [0.29, 0.717) is 31.6 Å². The molecule has 0 fully saturated rings. The van der Waals surface area contributed by atoms with Gasteiger partial charge >= 0.3 is 0 Å². The van der Waals surface area contributed by atoms with Crippen molar-refractivity contribution in [1.82, 2.24) is 10.3 Å². The van der Waals surface area contributed by atoms with Crippen LogP contribution in [0.4, 0.5) is 0 Å². The van der Waals surface area contributed by atoms with Gasteiger partial charge in [-0.3, -0.25) is 9.59 Å². The number of hydrazone groups is 1. The highest BCUT2D eigenvalue weighted by Gasteiger charge is 2.23. The van der Waals surface area contributed by atoms with E-state index in [1.165, 1.54) is 5.01 Å². The number of rotatable bonds is 5. The zero-order chi connectivity index (χ0) is 15.2. The van der Waals surface area contributed by atoms with E-state index in [4.69, 9.17) is 4.74 Å². The summed E-state index contributed by atoms with van der Waals surface area (Å²) >= 11 is 0. The quantitative estimate of drug-likeness (QED) is 0.888. The van der Waals surface area contributed by atoms with Crippen LogP contribution in [-0.4, -0.2) is 36.2 Å². The summed E-state index contributed by atoms with van der Waals surface area (Å²) in [6.45, 7) is 2.71. The molecule has 1 aliphatic rings. The second-order valence-electron chi connectivity index (χ2n) is 4.69. The zero-order valence-corrected chi connectivity index (χ0v) is 12.3. The predicted molar refractivity (Wildman–Crippen MR) is 78.9 cm³/mol. The monoisotopic (exact) mass is 289 g/mol. The molecule has 1 aromatic carbocycles. The van der Waals surface area contributed by atoms with Crippen LogP contribution in [-0.2, 0) is 16.1 Å². The lowest BCUT2D eigenvalue weighted by Gasteiger charge is -2.21. The highest BCUT2D eigenvalue weighted by Crippen LogP contribution is 2.13. The molecule has 6 heteroatoms. The molecule has 112 valence electrons. The first-order valence-electron chi connectivity index (χ1n) is 6.93. The lowest BCUT2D eigenvalue weighted by molar-refractivity contribution is -0.131. The summed E-state index contributed by atoms with van der Waals surface area (Å²) < 4.78 is 5.14. The Bertz CT molecular complexity index is 569. The highest BCUT2D eigenvalue weighted by atomic mass is 16.5. The number of amides is 2. The van der Waals surface area contributed by atoms with Gasteiger partial charge in [-0.2, -0.15) is 5.10 Å². The van der Waals surface area contributed by atoms with Crippen molar-refractivity contribution in [3.05, 3.63) is 29.8 Å². The van der Waals surface area contributed by atoms with Gasteiger partial charge in [0.05, 0.1) is 7.11 Å². The fraction of sp³-hybridized carbons (Fsp3) is 0.400. The average molecular weight is 289 g/mol. The molecule has 0 bridgehead atoms. The van der Waals surface area contributed by atoms with Gasteiger partial charge in [0.2, 0.25) is 5.91 Å². The molecule has 0 saturated carbocycles. The molecule has 1 aliphatic heterocycles. The van der Waals surface area contributed by atoms with Gasteiger partial charge in [0.1, 0.15) is 11.5 Å². The van der Waals surface area contributed by atoms with Crippen LogP contribution in [0, 0.1) is 0 Å². The van der Waals surface area contributed by atoms with E-state index in [-0.39, 0.29) is 11.8 Å². The minimum Gasteiger partial charge on any atom is -0.497 e. The second kappa shape index (κ2) is 6.88. The van der Waals surface area contributed by atoms with Crippen LogP contribution in [0.1, 0.15) is 25.3 Å². The molecule has 0 atom stereocenters. The molecule has 2 amide bonds. The molecule has 1 aromatic rings. The Morgan fingerprint density at radius 1 is 1.43 bits per heavy atom. The van der Waals surface area contributed by atoms with Crippen LogP contribution in [0.25, 0.3) is 0 Å². The Morgan fingerprint density at radius 2 is 2.24 bits per heavy atom. The molecule has 21 heavy (non-hydrogen) atoms. The van der Waals surface area contributed by atoms with E-state index in [9.17, 15) is 9.59 Å². The van der Waals surface area contributed by atoms with Gasteiger partial charge in [0, 0.05) is 25.9 Å². The van der Waals surface area contributed by atoms with Crippen LogP contribution in [0.15, 0.2) is 29.4 Å².